The quantitative estimate of drug-likeness (QED) is 0.584. The fourth-order valence-corrected chi connectivity index (χ4v) is 1.39. The van der Waals surface area contributed by atoms with Gasteiger partial charge in [0.05, 0.1) is 6.54 Å². The van der Waals surface area contributed by atoms with E-state index in [0.717, 1.165) is 24.6 Å². The molecule has 3 nitrogen and oxygen atoms in total. The lowest BCUT2D eigenvalue weighted by Gasteiger charge is -2.04. The largest absolute Gasteiger partial charge is 0.354 e. The highest BCUT2D eigenvalue weighted by Gasteiger charge is 1.97. The van der Waals surface area contributed by atoms with Crippen molar-refractivity contribution in [2.75, 3.05) is 43.7 Å². The molecule has 0 heterocycles. The third kappa shape index (κ3) is 10.0. The Morgan fingerprint density at radius 3 is 2.38 bits per heavy atom. The van der Waals surface area contributed by atoms with Crippen LogP contribution in [0.5, 0.6) is 0 Å². The van der Waals surface area contributed by atoms with Gasteiger partial charge in [-0.2, -0.15) is 23.5 Å². The number of thioether (sulfide) groups is 2. The molecule has 13 heavy (non-hydrogen) atoms. The summed E-state index contributed by atoms with van der Waals surface area (Å²) in [6.45, 7) is 2.11. The van der Waals surface area contributed by atoms with Crippen LogP contribution in [0.2, 0.25) is 0 Å². The van der Waals surface area contributed by atoms with Gasteiger partial charge in [0.15, 0.2) is 0 Å². The SMILES string of the molecule is CSCCNCC(=O)NCCSC. The van der Waals surface area contributed by atoms with Crippen molar-refractivity contribution in [3.05, 3.63) is 0 Å². The zero-order chi connectivity index (χ0) is 9.94. The van der Waals surface area contributed by atoms with Crippen molar-refractivity contribution in [1.29, 1.82) is 0 Å². The van der Waals surface area contributed by atoms with Crippen LogP contribution >= 0.6 is 23.5 Å². The molecule has 78 valence electrons. The fourth-order valence-electron chi connectivity index (χ4n) is 0.731. The van der Waals surface area contributed by atoms with E-state index in [1.165, 1.54) is 0 Å². The minimum Gasteiger partial charge on any atom is -0.354 e. The monoisotopic (exact) mass is 222 g/mol. The minimum absolute atomic E-state index is 0.0927. The molecule has 0 bridgehead atoms. The molecule has 0 spiro atoms. The van der Waals surface area contributed by atoms with Crippen LogP contribution in [-0.4, -0.2) is 49.6 Å². The molecule has 0 aromatic heterocycles. The summed E-state index contributed by atoms with van der Waals surface area (Å²) in [6.07, 6.45) is 4.09. The molecule has 0 saturated heterocycles. The molecule has 0 atom stereocenters. The smallest absolute Gasteiger partial charge is 0.233 e. The summed E-state index contributed by atoms with van der Waals surface area (Å²) in [5.74, 6) is 2.13. The van der Waals surface area contributed by atoms with Crippen LogP contribution in [0.25, 0.3) is 0 Å². The van der Waals surface area contributed by atoms with Crippen LogP contribution < -0.4 is 10.6 Å². The Balaban J connectivity index is 3.11. The molecule has 0 aliphatic carbocycles. The minimum atomic E-state index is 0.0927. The van der Waals surface area contributed by atoms with E-state index in [1.807, 2.05) is 6.26 Å². The molecule has 1 amide bonds. The summed E-state index contributed by atoms with van der Waals surface area (Å²) in [5.41, 5.74) is 0. The number of amides is 1. The first-order chi connectivity index (χ1) is 6.31. The van der Waals surface area contributed by atoms with Gasteiger partial charge in [-0.25, -0.2) is 0 Å². The first-order valence-corrected chi connectivity index (χ1v) is 7.05. The van der Waals surface area contributed by atoms with E-state index >= 15 is 0 Å². The molecular weight excluding hydrogens is 204 g/mol. The van der Waals surface area contributed by atoms with Gasteiger partial charge in [0.25, 0.3) is 0 Å². The van der Waals surface area contributed by atoms with E-state index in [0.29, 0.717) is 6.54 Å². The molecule has 0 aromatic rings. The third-order valence-corrected chi connectivity index (χ3v) is 2.62. The van der Waals surface area contributed by atoms with E-state index in [-0.39, 0.29) is 5.91 Å². The molecular formula is C8H18N2OS2. The predicted molar refractivity (Wildman–Crippen MR) is 62.6 cm³/mol. The number of hydrogen-bond donors (Lipinski definition) is 2. The van der Waals surface area contributed by atoms with Crippen LogP contribution in [0.4, 0.5) is 0 Å². The molecule has 5 heteroatoms. The van der Waals surface area contributed by atoms with Crippen molar-refractivity contribution in [3.63, 3.8) is 0 Å². The van der Waals surface area contributed by atoms with Crippen molar-refractivity contribution in [2.24, 2.45) is 0 Å². The van der Waals surface area contributed by atoms with Gasteiger partial charge in [-0.15, -0.1) is 0 Å². The number of hydrogen-bond acceptors (Lipinski definition) is 4. The second-order valence-electron chi connectivity index (χ2n) is 2.51. The molecule has 0 aliphatic heterocycles. The topological polar surface area (TPSA) is 41.1 Å². The lowest BCUT2D eigenvalue weighted by molar-refractivity contribution is -0.120. The van der Waals surface area contributed by atoms with Gasteiger partial charge in [0.2, 0.25) is 5.91 Å². The van der Waals surface area contributed by atoms with Crippen LogP contribution in [0.3, 0.4) is 0 Å². The average molecular weight is 222 g/mol. The summed E-state index contributed by atoms with van der Waals surface area (Å²) in [4.78, 5) is 11.1. The van der Waals surface area contributed by atoms with Crippen molar-refractivity contribution >= 4 is 29.4 Å². The predicted octanol–water partition coefficient (Wildman–Crippen LogP) is 0.418. The van der Waals surface area contributed by atoms with Gasteiger partial charge in [-0.1, -0.05) is 0 Å². The molecule has 0 radical (unpaired) electrons. The van der Waals surface area contributed by atoms with E-state index in [4.69, 9.17) is 0 Å². The van der Waals surface area contributed by atoms with Crippen LogP contribution in [0, 0.1) is 0 Å². The van der Waals surface area contributed by atoms with Gasteiger partial charge in [-0.3, -0.25) is 4.79 Å². The van der Waals surface area contributed by atoms with Gasteiger partial charge in [0.1, 0.15) is 0 Å². The van der Waals surface area contributed by atoms with Crippen molar-refractivity contribution in [2.45, 2.75) is 0 Å². The third-order valence-electron chi connectivity index (χ3n) is 1.40. The molecule has 2 N–H and O–H groups in total. The first kappa shape index (κ1) is 13.1. The highest BCUT2D eigenvalue weighted by atomic mass is 32.2. The van der Waals surface area contributed by atoms with E-state index in [2.05, 4.69) is 16.9 Å². The standard InChI is InChI=1S/C8H18N2OS2/c1-12-5-3-9-7-8(11)10-4-6-13-2/h9H,3-7H2,1-2H3,(H,10,11). The summed E-state index contributed by atoms with van der Waals surface area (Å²) < 4.78 is 0. The lowest BCUT2D eigenvalue weighted by Crippen LogP contribution is -2.35. The van der Waals surface area contributed by atoms with E-state index in [9.17, 15) is 4.79 Å². The number of nitrogens with one attached hydrogen (secondary N) is 2. The van der Waals surface area contributed by atoms with E-state index in [1.54, 1.807) is 23.5 Å². The van der Waals surface area contributed by atoms with Crippen LogP contribution in [0.15, 0.2) is 0 Å². The van der Waals surface area contributed by atoms with Gasteiger partial charge in [0, 0.05) is 24.6 Å². The molecule has 0 unspecified atom stereocenters. The lowest BCUT2D eigenvalue weighted by atomic mass is 10.5. The van der Waals surface area contributed by atoms with Crippen molar-refractivity contribution in [1.82, 2.24) is 10.6 Å². The number of rotatable bonds is 8. The van der Waals surface area contributed by atoms with Crippen LogP contribution in [-0.2, 0) is 4.79 Å². The Morgan fingerprint density at radius 2 is 1.77 bits per heavy atom. The maximum atomic E-state index is 11.1. The molecule has 0 rings (SSSR count). The maximum Gasteiger partial charge on any atom is 0.233 e. The average Bonchev–Trinajstić information content (AvgIpc) is 2.13. The van der Waals surface area contributed by atoms with E-state index < -0.39 is 0 Å². The van der Waals surface area contributed by atoms with Gasteiger partial charge < -0.3 is 10.6 Å². The maximum absolute atomic E-state index is 11.1. The highest BCUT2D eigenvalue weighted by molar-refractivity contribution is 7.98. The first-order valence-electron chi connectivity index (χ1n) is 4.26. The normalized spacial score (nSPS) is 10.0. The fraction of sp³-hybridized carbons (Fsp3) is 0.875. The van der Waals surface area contributed by atoms with Gasteiger partial charge >= 0.3 is 0 Å². The summed E-state index contributed by atoms with van der Waals surface area (Å²) >= 11 is 3.51. The summed E-state index contributed by atoms with van der Waals surface area (Å²) in [7, 11) is 0. The zero-order valence-electron chi connectivity index (χ0n) is 8.26. The van der Waals surface area contributed by atoms with Crippen LogP contribution in [0.1, 0.15) is 0 Å². The Morgan fingerprint density at radius 1 is 1.15 bits per heavy atom. The Hall–Kier alpha value is 0.130. The number of carbonyl (C=O) groups excluding carboxylic acids is 1. The molecule has 0 aliphatic rings. The number of carbonyl (C=O) groups is 1. The Bertz CT molecular complexity index is 133. The summed E-state index contributed by atoms with van der Waals surface area (Å²) in [6, 6.07) is 0. The molecule has 0 fully saturated rings. The zero-order valence-corrected chi connectivity index (χ0v) is 9.89. The second kappa shape index (κ2) is 10.2. The van der Waals surface area contributed by atoms with Crippen molar-refractivity contribution in [3.8, 4) is 0 Å². The Kier molecular flexibility index (Phi) is 10.3. The summed E-state index contributed by atoms with van der Waals surface area (Å²) in [5, 5.41) is 5.90. The van der Waals surface area contributed by atoms with Gasteiger partial charge in [-0.05, 0) is 12.5 Å². The van der Waals surface area contributed by atoms with Crippen molar-refractivity contribution < 1.29 is 4.79 Å². The second-order valence-corrected chi connectivity index (χ2v) is 4.48. The molecule has 0 aromatic carbocycles. The highest BCUT2D eigenvalue weighted by Crippen LogP contribution is 1.87. The Labute approximate surface area is 88.8 Å². The molecule has 0 saturated carbocycles.